The van der Waals surface area contributed by atoms with Gasteiger partial charge in [-0.3, -0.25) is 9.59 Å². The Bertz CT molecular complexity index is 587. The van der Waals surface area contributed by atoms with Crippen LogP contribution in [0.1, 0.15) is 42.9 Å². The predicted octanol–water partition coefficient (Wildman–Crippen LogP) is 2.94. The van der Waals surface area contributed by atoms with Crippen LogP contribution < -0.4 is 5.32 Å². The summed E-state index contributed by atoms with van der Waals surface area (Å²) in [5.41, 5.74) is 2.22. The minimum atomic E-state index is -0.789. The monoisotopic (exact) mass is 307 g/mol. The molecule has 21 heavy (non-hydrogen) atoms. The van der Waals surface area contributed by atoms with E-state index in [9.17, 15) is 9.59 Å². The van der Waals surface area contributed by atoms with Crippen LogP contribution in [0.2, 0.25) is 5.02 Å². The summed E-state index contributed by atoms with van der Waals surface area (Å²) in [6, 6.07) is 5.80. The van der Waals surface area contributed by atoms with Crippen molar-refractivity contribution in [1.82, 2.24) is 5.32 Å². The van der Waals surface area contributed by atoms with Gasteiger partial charge in [0.05, 0.1) is 12.0 Å². The molecule has 1 unspecified atom stereocenters. The lowest BCUT2D eigenvalue weighted by molar-refractivity contribution is -0.141. The first-order chi connectivity index (χ1) is 10.1. The normalized spacial score (nSPS) is 27.4. The topological polar surface area (TPSA) is 66.4 Å². The maximum absolute atomic E-state index is 12.3. The van der Waals surface area contributed by atoms with E-state index < -0.39 is 5.97 Å². The summed E-state index contributed by atoms with van der Waals surface area (Å²) < 4.78 is 0. The third kappa shape index (κ3) is 2.77. The van der Waals surface area contributed by atoms with Crippen LogP contribution >= 0.6 is 11.6 Å². The van der Waals surface area contributed by atoms with E-state index in [1.165, 1.54) is 0 Å². The van der Waals surface area contributed by atoms with Crippen LogP contribution in [0.3, 0.4) is 0 Å². The zero-order chi connectivity index (χ0) is 15.0. The minimum Gasteiger partial charge on any atom is -0.481 e. The maximum atomic E-state index is 12.3. The Hall–Kier alpha value is -1.55. The van der Waals surface area contributed by atoms with Gasteiger partial charge in [0.2, 0.25) is 5.91 Å². The number of carbonyl (C=O) groups excluding carboxylic acids is 1. The number of amides is 1. The average Bonchev–Trinajstić information content (AvgIpc) is 3.07. The predicted molar refractivity (Wildman–Crippen MR) is 79.1 cm³/mol. The van der Waals surface area contributed by atoms with Crippen LogP contribution in [0.15, 0.2) is 18.2 Å². The van der Waals surface area contributed by atoms with Gasteiger partial charge in [-0.15, -0.1) is 0 Å². The van der Waals surface area contributed by atoms with E-state index in [4.69, 9.17) is 16.7 Å². The number of nitrogens with one attached hydrogen (secondary N) is 1. The van der Waals surface area contributed by atoms with Gasteiger partial charge in [0.25, 0.3) is 0 Å². The lowest BCUT2D eigenvalue weighted by atomic mass is 10.0. The summed E-state index contributed by atoms with van der Waals surface area (Å²) >= 11 is 6.17. The van der Waals surface area contributed by atoms with E-state index in [1.54, 1.807) is 0 Å². The second-order valence-electron chi connectivity index (χ2n) is 5.95. The van der Waals surface area contributed by atoms with Crippen LogP contribution in [0.5, 0.6) is 0 Å². The number of hydrogen-bond acceptors (Lipinski definition) is 2. The highest BCUT2D eigenvalue weighted by molar-refractivity contribution is 6.31. The Morgan fingerprint density at radius 1 is 1.19 bits per heavy atom. The van der Waals surface area contributed by atoms with Crippen molar-refractivity contribution in [3.8, 4) is 0 Å². The standard InChI is InChI=1S/C16H18ClNO3/c17-13-3-1-2-12-11(13)6-7-14(12)18-15(19)9-4-5-10(8-9)16(20)21/h1-3,9-10,14H,4-8H2,(H,18,19)(H,20,21)/t9-,10+,14?/m0/s1. The number of halogens is 1. The molecule has 1 saturated carbocycles. The number of fused-ring (bicyclic) bond motifs is 1. The molecule has 5 heteroatoms. The quantitative estimate of drug-likeness (QED) is 0.902. The van der Waals surface area contributed by atoms with Crippen LogP contribution in [0, 0.1) is 11.8 Å². The van der Waals surface area contributed by atoms with Gasteiger partial charge in [0.15, 0.2) is 0 Å². The van der Waals surface area contributed by atoms with E-state index in [1.807, 2.05) is 18.2 Å². The number of carboxylic acid groups (broad SMARTS) is 1. The molecule has 0 saturated heterocycles. The molecule has 4 nitrogen and oxygen atoms in total. The van der Waals surface area contributed by atoms with Crippen molar-refractivity contribution in [3.63, 3.8) is 0 Å². The van der Waals surface area contributed by atoms with Gasteiger partial charge < -0.3 is 10.4 Å². The largest absolute Gasteiger partial charge is 0.481 e. The molecule has 1 aromatic rings. The molecule has 1 aromatic carbocycles. The first-order valence-electron chi connectivity index (χ1n) is 7.36. The maximum Gasteiger partial charge on any atom is 0.306 e. The van der Waals surface area contributed by atoms with Crippen LogP contribution in [-0.2, 0) is 16.0 Å². The second-order valence-corrected chi connectivity index (χ2v) is 6.36. The molecule has 0 spiro atoms. The average molecular weight is 308 g/mol. The van der Waals surface area contributed by atoms with Crippen molar-refractivity contribution in [1.29, 1.82) is 0 Å². The van der Waals surface area contributed by atoms with Gasteiger partial charge in [-0.05, 0) is 49.3 Å². The number of rotatable bonds is 3. The Morgan fingerprint density at radius 3 is 2.67 bits per heavy atom. The van der Waals surface area contributed by atoms with E-state index >= 15 is 0 Å². The Kier molecular flexibility index (Phi) is 3.89. The summed E-state index contributed by atoms with van der Waals surface area (Å²) in [5.74, 6) is -1.35. The number of aliphatic carboxylic acids is 1. The fraction of sp³-hybridized carbons (Fsp3) is 0.500. The Balaban J connectivity index is 1.65. The molecular weight excluding hydrogens is 290 g/mol. The van der Waals surface area contributed by atoms with Gasteiger partial charge in [-0.25, -0.2) is 0 Å². The molecular formula is C16H18ClNO3. The first kappa shape index (κ1) is 14.4. The van der Waals surface area contributed by atoms with Crippen molar-refractivity contribution < 1.29 is 14.7 Å². The Labute approximate surface area is 128 Å². The molecule has 1 amide bonds. The number of carboxylic acids is 1. The SMILES string of the molecule is O=C(O)[C@@H]1CC[C@H](C(=O)NC2CCc3c(Cl)cccc32)C1. The molecule has 2 aliphatic carbocycles. The van der Waals surface area contributed by atoms with Gasteiger partial charge >= 0.3 is 5.97 Å². The number of benzene rings is 1. The smallest absolute Gasteiger partial charge is 0.306 e. The molecule has 3 rings (SSSR count). The van der Waals surface area contributed by atoms with Crippen LogP contribution in [-0.4, -0.2) is 17.0 Å². The first-order valence-corrected chi connectivity index (χ1v) is 7.74. The zero-order valence-electron chi connectivity index (χ0n) is 11.6. The van der Waals surface area contributed by atoms with Crippen molar-refractivity contribution in [2.45, 2.75) is 38.1 Å². The molecule has 2 N–H and O–H groups in total. The van der Waals surface area contributed by atoms with Crippen LogP contribution in [0.4, 0.5) is 0 Å². The lowest BCUT2D eigenvalue weighted by Gasteiger charge is -2.17. The summed E-state index contributed by atoms with van der Waals surface area (Å²) in [4.78, 5) is 23.3. The van der Waals surface area contributed by atoms with Gasteiger partial charge in [0.1, 0.15) is 0 Å². The van der Waals surface area contributed by atoms with Crippen molar-refractivity contribution in [3.05, 3.63) is 34.3 Å². The molecule has 1 fully saturated rings. The number of hydrogen-bond donors (Lipinski definition) is 2. The summed E-state index contributed by atoms with van der Waals surface area (Å²) in [6.45, 7) is 0. The van der Waals surface area contributed by atoms with Crippen molar-refractivity contribution in [2.75, 3.05) is 0 Å². The summed E-state index contributed by atoms with van der Waals surface area (Å²) in [5, 5.41) is 12.8. The third-order valence-electron chi connectivity index (χ3n) is 4.68. The molecule has 3 atom stereocenters. The van der Waals surface area contributed by atoms with Gasteiger partial charge in [-0.2, -0.15) is 0 Å². The highest BCUT2D eigenvalue weighted by Gasteiger charge is 2.35. The molecule has 2 aliphatic rings. The highest BCUT2D eigenvalue weighted by Crippen LogP contribution is 2.37. The molecule has 0 bridgehead atoms. The molecule has 112 valence electrons. The van der Waals surface area contributed by atoms with E-state index in [2.05, 4.69) is 5.32 Å². The molecule has 0 radical (unpaired) electrons. The Morgan fingerprint density at radius 2 is 1.95 bits per heavy atom. The van der Waals surface area contributed by atoms with Gasteiger partial charge in [0, 0.05) is 10.9 Å². The third-order valence-corrected chi connectivity index (χ3v) is 5.04. The van der Waals surface area contributed by atoms with E-state index in [0.717, 1.165) is 29.0 Å². The minimum absolute atomic E-state index is 0.00933. The van der Waals surface area contributed by atoms with E-state index in [-0.39, 0.29) is 23.8 Å². The molecule has 0 aliphatic heterocycles. The summed E-state index contributed by atoms with van der Waals surface area (Å²) in [6.07, 6.45) is 3.46. The highest BCUT2D eigenvalue weighted by atomic mass is 35.5. The van der Waals surface area contributed by atoms with Crippen LogP contribution in [0.25, 0.3) is 0 Å². The fourth-order valence-corrected chi connectivity index (χ4v) is 3.77. The molecule has 0 aromatic heterocycles. The van der Waals surface area contributed by atoms with Crippen molar-refractivity contribution in [2.24, 2.45) is 11.8 Å². The fourth-order valence-electron chi connectivity index (χ4n) is 3.49. The summed E-state index contributed by atoms with van der Waals surface area (Å²) in [7, 11) is 0. The molecule has 0 heterocycles. The second kappa shape index (κ2) is 5.68. The van der Waals surface area contributed by atoms with Crippen molar-refractivity contribution >= 4 is 23.5 Å². The zero-order valence-corrected chi connectivity index (χ0v) is 12.4. The van der Waals surface area contributed by atoms with Gasteiger partial charge in [-0.1, -0.05) is 23.7 Å². The van der Waals surface area contributed by atoms with E-state index in [0.29, 0.717) is 19.3 Å². The number of carbonyl (C=O) groups is 2. The lowest BCUT2D eigenvalue weighted by Crippen LogP contribution is -2.32.